The summed E-state index contributed by atoms with van der Waals surface area (Å²) >= 11 is 6.13. The number of ether oxygens (including phenoxy) is 2. The lowest BCUT2D eigenvalue weighted by molar-refractivity contribution is -0.0512. The van der Waals surface area contributed by atoms with Crippen LogP contribution in [0.15, 0.2) is 22.6 Å². The summed E-state index contributed by atoms with van der Waals surface area (Å²) < 4.78 is 41.7. The molecule has 144 valence electrons. The molecule has 0 saturated heterocycles. The summed E-state index contributed by atoms with van der Waals surface area (Å²) in [7, 11) is 1.36. The molecule has 0 fully saturated rings. The van der Waals surface area contributed by atoms with Crippen molar-refractivity contribution in [2.45, 2.75) is 33.4 Å². The standard InChI is InChI=1S/C17H17ClF2N4O3/c1-9-15(18)10(2)24(23-9)7-6-14-21-22-16(27-14)11-4-5-12(26-17(19)20)13(8-11)25-3/h4-5,8,17H,6-7H2,1-3H3. The van der Waals surface area contributed by atoms with Crippen LogP contribution in [-0.4, -0.2) is 33.7 Å². The van der Waals surface area contributed by atoms with Crippen LogP contribution in [0.1, 0.15) is 17.3 Å². The molecule has 3 rings (SSSR count). The maximum absolute atomic E-state index is 12.4. The third-order valence-corrected chi connectivity index (χ3v) is 4.47. The molecule has 0 atom stereocenters. The summed E-state index contributed by atoms with van der Waals surface area (Å²) in [5, 5.41) is 13.0. The minimum absolute atomic E-state index is 0.0719. The molecule has 0 aliphatic carbocycles. The summed E-state index contributed by atoms with van der Waals surface area (Å²) in [5.74, 6) is 0.737. The molecule has 0 radical (unpaired) electrons. The van der Waals surface area contributed by atoms with Gasteiger partial charge in [0.15, 0.2) is 11.5 Å². The fraction of sp³-hybridized carbons (Fsp3) is 0.353. The molecule has 0 unspecified atom stereocenters. The monoisotopic (exact) mass is 398 g/mol. The van der Waals surface area contributed by atoms with Crippen molar-refractivity contribution in [1.29, 1.82) is 0 Å². The molecule has 0 bridgehead atoms. The Balaban J connectivity index is 1.74. The van der Waals surface area contributed by atoms with Crippen molar-refractivity contribution in [3.05, 3.63) is 40.5 Å². The van der Waals surface area contributed by atoms with E-state index in [1.165, 1.54) is 25.3 Å². The molecule has 2 heterocycles. The van der Waals surface area contributed by atoms with Crippen LogP contribution in [0, 0.1) is 13.8 Å². The Kier molecular flexibility index (Phi) is 5.59. The molecule has 0 aliphatic heterocycles. The number of methoxy groups -OCH3 is 1. The fourth-order valence-corrected chi connectivity index (χ4v) is 2.69. The van der Waals surface area contributed by atoms with Crippen molar-refractivity contribution in [2.24, 2.45) is 0 Å². The molecule has 1 aromatic carbocycles. The second kappa shape index (κ2) is 7.91. The predicted octanol–water partition coefficient (Wildman–Crippen LogP) is 4.06. The van der Waals surface area contributed by atoms with Crippen LogP contribution in [0.3, 0.4) is 0 Å². The largest absolute Gasteiger partial charge is 0.493 e. The lowest BCUT2D eigenvalue weighted by Gasteiger charge is -2.10. The molecule has 0 saturated carbocycles. The van der Waals surface area contributed by atoms with Gasteiger partial charge in [0, 0.05) is 18.5 Å². The SMILES string of the molecule is COc1cc(-c2nnc(CCn3nc(C)c(Cl)c3C)o2)ccc1OC(F)F. The highest BCUT2D eigenvalue weighted by Crippen LogP contribution is 2.33. The number of hydrogen-bond acceptors (Lipinski definition) is 6. The first-order valence-electron chi connectivity index (χ1n) is 8.04. The molecule has 2 aromatic heterocycles. The quantitative estimate of drug-likeness (QED) is 0.597. The minimum Gasteiger partial charge on any atom is -0.493 e. The molecular weight excluding hydrogens is 382 g/mol. The molecule has 0 aliphatic rings. The first-order valence-corrected chi connectivity index (χ1v) is 8.42. The Morgan fingerprint density at radius 3 is 2.63 bits per heavy atom. The number of aryl methyl sites for hydroxylation is 3. The molecule has 0 spiro atoms. The van der Waals surface area contributed by atoms with E-state index in [1.807, 2.05) is 13.8 Å². The zero-order valence-corrected chi connectivity index (χ0v) is 15.6. The highest BCUT2D eigenvalue weighted by molar-refractivity contribution is 6.31. The molecule has 3 aromatic rings. The first-order chi connectivity index (χ1) is 12.9. The van der Waals surface area contributed by atoms with Gasteiger partial charge in [0.2, 0.25) is 11.8 Å². The summed E-state index contributed by atoms with van der Waals surface area (Å²) in [6.07, 6.45) is 0.467. The van der Waals surface area contributed by atoms with Gasteiger partial charge < -0.3 is 13.9 Å². The van der Waals surface area contributed by atoms with Crippen molar-refractivity contribution in [3.8, 4) is 23.0 Å². The number of rotatable bonds is 7. The Morgan fingerprint density at radius 2 is 2.00 bits per heavy atom. The normalized spacial score (nSPS) is 11.2. The average Bonchev–Trinajstić information content (AvgIpc) is 3.20. The van der Waals surface area contributed by atoms with Gasteiger partial charge in [0.25, 0.3) is 0 Å². The lowest BCUT2D eigenvalue weighted by Crippen LogP contribution is -2.05. The van der Waals surface area contributed by atoms with Crippen LogP contribution < -0.4 is 9.47 Å². The van der Waals surface area contributed by atoms with Gasteiger partial charge in [-0.05, 0) is 32.0 Å². The Hall–Kier alpha value is -2.68. The second-order valence-corrected chi connectivity index (χ2v) is 6.08. The van der Waals surface area contributed by atoms with Crippen molar-refractivity contribution >= 4 is 11.6 Å². The highest BCUT2D eigenvalue weighted by Gasteiger charge is 2.16. The fourth-order valence-electron chi connectivity index (χ4n) is 2.56. The van der Waals surface area contributed by atoms with Gasteiger partial charge in [-0.25, -0.2) is 0 Å². The molecular formula is C17H17ClF2N4O3. The second-order valence-electron chi connectivity index (χ2n) is 5.70. The summed E-state index contributed by atoms with van der Waals surface area (Å²) in [6.45, 7) is 1.32. The zero-order valence-electron chi connectivity index (χ0n) is 14.9. The molecule has 0 N–H and O–H groups in total. The Bertz CT molecular complexity index is 942. The van der Waals surface area contributed by atoms with Crippen LogP contribution in [0.2, 0.25) is 5.02 Å². The van der Waals surface area contributed by atoms with Crippen LogP contribution in [0.5, 0.6) is 11.5 Å². The average molecular weight is 399 g/mol. The highest BCUT2D eigenvalue weighted by atomic mass is 35.5. The van der Waals surface area contributed by atoms with E-state index in [1.54, 1.807) is 4.68 Å². The van der Waals surface area contributed by atoms with E-state index in [0.717, 1.165) is 11.4 Å². The van der Waals surface area contributed by atoms with Crippen LogP contribution in [-0.2, 0) is 13.0 Å². The zero-order chi connectivity index (χ0) is 19.6. The molecule has 10 heteroatoms. The Labute approximate surface area is 158 Å². The van der Waals surface area contributed by atoms with Gasteiger partial charge >= 0.3 is 6.61 Å². The molecule has 7 nitrogen and oxygen atoms in total. The first kappa shape index (κ1) is 19.1. The van der Waals surface area contributed by atoms with E-state index < -0.39 is 6.61 Å². The lowest BCUT2D eigenvalue weighted by atomic mass is 10.2. The van der Waals surface area contributed by atoms with Crippen molar-refractivity contribution in [1.82, 2.24) is 20.0 Å². The van der Waals surface area contributed by atoms with Crippen molar-refractivity contribution < 1.29 is 22.7 Å². The smallest absolute Gasteiger partial charge is 0.387 e. The van der Waals surface area contributed by atoms with E-state index in [0.29, 0.717) is 29.4 Å². The van der Waals surface area contributed by atoms with Crippen LogP contribution in [0.4, 0.5) is 8.78 Å². The van der Waals surface area contributed by atoms with E-state index in [9.17, 15) is 8.78 Å². The van der Waals surface area contributed by atoms with E-state index in [4.69, 9.17) is 20.8 Å². The van der Waals surface area contributed by atoms with Gasteiger partial charge in [-0.15, -0.1) is 10.2 Å². The van der Waals surface area contributed by atoms with Crippen molar-refractivity contribution in [2.75, 3.05) is 7.11 Å². The number of alkyl halides is 2. The third kappa shape index (κ3) is 4.19. The van der Waals surface area contributed by atoms with Gasteiger partial charge in [0.05, 0.1) is 23.5 Å². The summed E-state index contributed by atoms with van der Waals surface area (Å²) in [5.41, 5.74) is 2.16. The molecule has 0 amide bonds. The number of nitrogens with zero attached hydrogens (tertiary/aromatic N) is 4. The Morgan fingerprint density at radius 1 is 1.22 bits per heavy atom. The van der Waals surface area contributed by atoms with E-state index in [-0.39, 0.29) is 17.4 Å². The number of halogens is 3. The van der Waals surface area contributed by atoms with Crippen LogP contribution in [0.25, 0.3) is 11.5 Å². The maximum Gasteiger partial charge on any atom is 0.387 e. The number of aromatic nitrogens is 4. The summed E-state index contributed by atoms with van der Waals surface area (Å²) in [6, 6.07) is 4.40. The van der Waals surface area contributed by atoms with Gasteiger partial charge in [0.1, 0.15) is 0 Å². The van der Waals surface area contributed by atoms with E-state index in [2.05, 4.69) is 20.0 Å². The summed E-state index contributed by atoms with van der Waals surface area (Å²) in [4.78, 5) is 0. The van der Waals surface area contributed by atoms with E-state index >= 15 is 0 Å². The topological polar surface area (TPSA) is 75.2 Å². The minimum atomic E-state index is -2.94. The number of hydrogen-bond donors (Lipinski definition) is 0. The molecule has 27 heavy (non-hydrogen) atoms. The van der Waals surface area contributed by atoms with Crippen LogP contribution >= 0.6 is 11.6 Å². The third-order valence-electron chi connectivity index (χ3n) is 3.92. The maximum atomic E-state index is 12.4. The predicted molar refractivity (Wildman–Crippen MR) is 93.3 cm³/mol. The van der Waals surface area contributed by atoms with Gasteiger partial charge in [-0.2, -0.15) is 13.9 Å². The van der Waals surface area contributed by atoms with Crippen molar-refractivity contribution in [3.63, 3.8) is 0 Å². The van der Waals surface area contributed by atoms with Gasteiger partial charge in [-0.1, -0.05) is 11.6 Å². The number of benzene rings is 1. The van der Waals surface area contributed by atoms with Gasteiger partial charge in [-0.3, -0.25) is 4.68 Å².